The van der Waals surface area contributed by atoms with Crippen LogP contribution in [0.5, 0.6) is 0 Å². The van der Waals surface area contributed by atoms with Gasteiger partial charge in [-0.3, -0.25) is 14.5 Å². The van der Waals surface area contributed by atoms with Crippen molar-refractivity contribution in [1.29, 1.82) is 0 Å². The normalized spacial score (nSPS) is 10.5. The lowest BCUT2D eigenvalue weighted by molar-refractivity contribution is -0.137. The van der Waals surface area contributed by atoms with E-state index >= 15 is 0 Å². The molecular weight excluding hydrogens is 242 g/mol. The average Bonchev–Trinajstić information content (AvgIpc) is 2.76. The summed E-state index contributed by atoms with van der Waals surface area (Å²) in [5.41, 5.74) is 0. The number of nitrogens with one attached hydrogen (secondary N) is 1. The van der Waals surface area contributed by atoms with Gasteiger partial charge in [0.1, 0.15) is 0 Å². The van der Waals surface area contributed by atoms with Crippen molar-refractivity contribution in [2.75, 3.05) is 25.0 Å². The molecule has 1 amide bonds. The molecule has 0 radical (unpaired) electrons. The number of amides is 1. The van der Waals surface area contributed by atoms with E-state index in [1.54, 1.807) is 16.5 Å². The number of hydrogen-bond acceptors (Lipinski definition) is 5. The van der Waals surface area contributed by atoms with E-state index in [0.29, 0.717) is 18.2 Å². The van der Waals surface area contributed by atoms with Crippen LogP contribution in [-0.4, -0.2) is 46.5 Å². The summed E-state index contributed by atoms with van der Waals surface area (Å²) in [6, 6.07) is 0. The van der Waals surface area contributed by atoms with Gasteiger partial charge in [-0.05, 0) is 6.54 Å². The monoisotopic (exact) mass is 257 g/mol. The van der Waals surface area contributed by atoms with Gasteiger partial charge in [-0.25, -0.2) is 4.98 Å². The summed E-state index contributed by atoms with van der Waals surface area (Å²) in [6.07, 6.45) is 1.65. The molecule has 0 bridgehead atoms. The number of likely N-dealkylation sites (N-methyl/N-ethyl adjacent to an activating group) is 1. The number of carboxylic acids is 1. The third-order valence-electron chi connectivity index (χ3n) is 2.13. The van der Waals surface area contributed by atoms with Crippen molar-refractivity contribution in [3.8, 4) is 0 Å². The summed E-state index contributed by atoms with van der Waals surface area (Å²) in [7, 11) is 0. The van der Waals surface area contributed by atoms with Gasteiger partial charge < -0.3 is 10.4 Å². The summed E-state index contributed by atoms with van der Waals surface area (Å²) < 4.78 is 0. The summed E-state index contributed by atoms with van der Waals surface area (Å²) >= 11 is 1.35. The third-order valence-corrected chi connectivity index (χ3v) is 2.82. The fourth-order valence-corrected chi connectivity index (χ4v) is 1.79. The van der Waals surface area contributed by atoms with Gasteiger partial charge in [-0.1, -0.05) is 6.92 Å². The molecular formula is C10H15N3O3S. The number of hydrogen-bond donors (Lipinski definition) is 2. The van der Waals surface area contributed by atoms with Gasteiger partial charge in [0.15, 0.2) is 5.13 Å². The number of nitrogens with zero attached hydrogens (tertiary/aromatic N) is 2. The van der Waals surface area contributed by atoms with Crippen LogP contribution < -0.4 is 5.32 Å². The number of carbonyl (C=O) groups excluding carboxylic acids is 1. The predicted molar refractivity (Wildman–Crippen MR) is 65.1 cm³/mol. The van der Waals surface area contributed by atoms with Gasteiger partial charge >= 0.3 is 5.97 Å². The van der Waals surface area contributed by atoms with Gasteiger partial charge in [-0.15, -0.1) is 11.3 Å². The highest BCUT2D eigenvalue weighted by Crippen LogP contribution is 2.09. The van der Waals surface area contributed by atoms with Crippen molar-refractivity contribution < 1.29 is 14.7 Å². The maximum absolute atomic E-state index is 11.6. The molecule has 1 aromatic heterocycles. The molecule has 0 aromatic carbocycles. The third kappa shape index (κ3) is 5.41. The van der Waals surface area contributed by atoms with Gasteiger partial charge in [0, 0.05) is 18.1 Å². The van der Waals surface area contributed by atoms with E-state index in [4.69, 9.17) is 5.11 Å². The van der Waals surface area contributed by atoms with Gasteiger partial charge in [0.05, 0.1) is 13.0 Å². The van der Waals surface area contributed by atoms with Crippen molar-refractivity contribution >= 4 is 28.3 Å². The molecule has 6 nitrogen and oxygen atoms in total. The number of rotatable bonds is 7. The van der Waals surface area contributed by atoms with Crippen molar-refractivity contribution in [2.45, 2.75) is 13.3 Å². The minimum absolute atomic E-state index is 0.0401. The minimum Gasteiger partial charge on any atom is -0.481 e. The molecule has 1 heterocycles. The van der Waals surface area contributed by atoms with Crippen LogP contribution in [0, 0.1) is 0 Å². The molecule has 2 N–H and O–H groups in total. The van der Waals surface area contributed by atoms with Crippen molar-refractivity contribution in [3.63, 3.8) is 0 Å². The zero-order valence-electron chi connectivity index (χ0n) is 9.55. The number of anilines is 1. The quantitative estimate of drug-likeness (QED) is 0.757. The number of carboxylic acid groups (broad SMARTS) is 1. The van der Waals surface area contributed by atoms with Crippen LogP contribution in [0.3, 0.4) is 0 Å². The number of aliphatic carboxylic acids is 1. The summed E-state index contributed by atoms with van der Waals surface area (Å²) in [4.78, 5) is 27.7. The average molecular weight is 257 g/mol. The topological polar surface area (TPSA) is 82.5 Å². The first kappa shape index (κ1) is 13.6. The highest BCUT2D eigenvalue weighted by Gasteiger charge is 2.11. The summed E-state index contributed by atoms with van der Waals surface area (Å²) in [5.74, 6) is -1.03. The Bertz CT molecular complexity index is 367. The number of thiazole rings is 1. The van der Waals surface area contributed by atoms with Gasteiger partial charge in [-0.2, -0.15) is 0 Å². The molecule has 0 fully saturated rings. The first-order chi connectivity index (χ1) is 8.11. The van der Waals surface area contributed by atoms with Crippen LogP contribution in [0.4, 0.5) is 5.13 Å². The van der Waals surface area contributed by atoms with E-state index in [1.807, 2.05) is 6.92 Å². The molecule has 1 rings (SSSR count). The molecule has 0 spiro atoms. The Kier molecular flexibility index (Phi) is 5.58. The Balaban J connectivity index is 2.34. The van der Waals surface area contributed by atoms with Crippen molar-refractivity contribution in [2.24, 2.45) is 0 Å². The number of carbonyl (C=O) groups is 2. The van der Waals surface area contributed by atoms with Crippen molar-refractivity contribution in [3.05, 3.63) is 11.6 Å². The van der Waals surface area contributed by atoms with E-state index in [-0.39, 0.29) is 18.9 Å². The van der Waals surface area contributed by atoms with Crippen molar-refractivity contribution in [1.82, 2.24) is 9.88 Å². The van der Waals surface area contributed by atoms with Gasteiger partial charge in [0.25, 0.3) is 0 Å². The summed E-state index contributed by atoms with van der Waals surface area (Å²) in [6.45, 7) is 3.08. The zero-order valence-corrected chi connectivity index (χ0v) is 10.4. The van der Waals surface area contributed by atoms with Crippen LogP contribution in [-0.2, 0) is 9.59 Å². The lowest BCUT2D eigenvalue weighted by Gasteiger charge is -2.18. The Labute approximate surface area is 103 Å². The number of aromatic nitrogens is 1. The molecule has 0 saturated carbocycles. The van der Waals surface area contributed by atoms with E-state index in [1.165, 1.54) is 11.3 Å². The highest BCUT2D eigenvalue weighted by atomic mass is 32.1. The predicted octanol–water partition coefficient (Wildman–Crippen LogP) is 0.878. The SMILES string of the molecule is CCN(CCC(=O)O)CC(=O)Nc1nccs1. The van der Waals surface area contributed by atoms with E-state index in [0.717, 1.165) is 0 Å². The molecule has 0 unspecified atom stereocenters. The molecule has 94 valence electrons. The fourth-order valence-electron chi connectivity index (χ4n) is 1.25. The largest absolute Gasteiger partial charge is 0.481 e. The van der Waals surface area contributed by atoms with Crippen LogP contribution in [0.2, 0.25) is 0 Å². The smallest absolute Gasteiger partial charge is 0.304 e. The zero-order chi connectivity index (χ0) is 12.7. The first-order valence-electron chi connectivity index (χ1n) is 5.25. The van der Waals surface area contributed by atoms with Gasteiger partial charge in [0.2, 0.25) is 5.91 Å². The standard InChI is InChI=1S/C10H15N3O3S/c1-2-13(5-3-9(15)16)7-8(14)12-10-11-4-6-17-10/h4,6H,2-3,5,7H2,1H3,(H,15,16)(H,11,12,14). The Morgan fingerprint density at radius 1 is 1.59 bits per heavy atom. The van der Waals surface area contributed by atoms with E-state index in [2.05, 4.69) is 10.3 Å². The Morgan fingerprint density at radius 3 is 2.88 bits per heavy atom. The Morgan fingerprint density at radius 2 is 2.35 bits per heavy atom. The molecule has 0 aliphatic rings. The minimum atomic E-state index is -0.858. The Hall–Kier alpha value is -1.47. The van der Waals surface area contributed by atoms with E-state index < -0.39 is 5.97 Å². The maximum atomic E-state index is 11.6. The lowest BCUT2D eigenvalue weighted by Crippen LogP contribution is -2.34. The molecule has 17 heavy (non-hydrogen) atoms. The maximum Gasteiger partial charge on any atom is 0.304 e. The van der Waals surface area contributed by atoms with Crippen LogP contribution in [0.25, 0.3) is 0 Å². The molecule has 7 heteroatoms. The lowest BCUT2D eigenvalue weighted by atomic mass is 10.3. The van der Waals surface area contributed by atoms with Crippen LogP contribution in [0.1, 0.15) is 13.3 Å². The molecule has 0 saturated heterocycles. The highest BCUT2D eigenvalue weighted by molar-refractivity contribution is 7.13. The molecule has 0 atom stereocenters. The fraction of sp³-hybridized carbons (Fsp3) is 0.500. The second kappa shape index (κ2) is 6.97. The first-order valence-corrected chi connectivity index (χ1v) is 6.13. The second-order valence-corrected chi connectivity index (χ2v) is 4.29. The molecule has 0 aliphatic heterocycles. The summed E-state index contributed by atoms with van der Waals surface area (Å²) in [5, 5.41) is 13.6. The molecule has 0 aliphatic carbocycles. The second-order valence-electron chi connectivity index (χ2n) is 3.40. The molecule has 1 aromatic rings. The van der Waals surface area contributed by atoms with Crippen LogP contribution >= 0.6 is 11.3 Å². The van der Waals surface area contributed by atoms with E-state index in [9.17, 15) is 9.59 Å². The van der Waals surface area contributed by atoms with Crippen LogP contribution in [0.15, 0.2) is 11.6 Å².